The smallest absolute Gasteiger partial charge is 0.490 e. The van der Waals surface area contributed by atoms with Gasteiger partial charge in [-0.2, -0.15) is 13.2 Å². The summed E-state index contributed by atoms with van der Waals surface area (Å²) in [5.41, 5.74) is 2.33. The number of likely N-dealkylation sites (tertiary alicyclic amines) is 1. The van der Waals surface area contributed by atoms with Crippen molar-refractivity contribution in [3.8, 4) is 11.5 Å². The molecule has 1 fully saturated rings. The molecule has 4 rings (SSSR count). The van der Waals surface area contributed by atoms with Crippen LogP contribution in [-0.2, 0) is 11.3 Å². The SMILES string of the molecule is CCOc1ccc(CN2CCC(Nc3cc(=O)oc4ccc(OC)cc34)CC2)cc1.O=C(O)C(F)(F)F. The van der Waals surface area contributed by atoms with Crippen LogP contribution >= 0.6 is 0 Å². The lowest BCUT2D eigenvalue weighted by Gasteiger charge is -2.33. The highest BCUT2D eigenvalue weighted by Crippen LogP contribution is 2.28. The van der Waals surface area contributed by atoms with Gasteiger partial charge < -0.3 is 24.3 Å². The minimum absolute atomic E-state index is 0.317. The van der Waals surface area contributed by atoms with E-state index in [2.05, 4.69) is 22.3 Å². The van der Waals surface area contributed by atoms with Gasteiger partial charge in [-0.15, -0.1) is 0 Å². The maximum Gasteiger partial charge on any atom is 0.490 e. The van der Waals surface area contributed by atoms with E-state index in [4.69, 9.17) is 23.8 Å². The predicted octanol–water partition coefficient (Wildman–Crippen LogP) is 4.91. The maximum atomic E-state index is 12.0. The van der Waals surface area contributed by atoms with Gasteiger partial charge in [0.05, 0.1) is 19.4 Å². The summed E-state index contributed by atoms with van der Waals surface area (Å²) in [6.45, 7) is 5.63. The number of nitrogens with one attached hydrogen (secondary N) is 1. The molecule has 3 aromatic rings. The summed E-state index contributed by atoms with van der Waals surface area (Å²) in [7, 11) is 1.63. The molecule has 0 radical (unpaired) electrons. The number of aliphatic carboxylic acids is 1. The summed E-state index contributed by atoms with van der Waals surface area (Å²) >= 11 is 0. The standard InChI is InChI=1S/C24H28N2O4.C2HF3O2/c1-3-29-19-6-4-17(5-7-19)16-26-12-10-18(11-13-26)25-22-15-24(27)30-23-9-8-20(28-2)14-21(22)23;3-2(4,5)1(6)7/h4-9,14-15,18,25H,3,10-13,16H2,1-2H3;(H,6,7). The molecule has 1 aromatic heterocycles. The first-order valence-corrected chi connectivity index (χ1v) is 11.7. The first-order chi connectivity index (χ1) is 17.6. The number of anilines is 1. The van der Waals surface area contributed by atoms with Gasteiger partial charge in [0.2, 0.25) is 0 Å². The molecule has 0 saturated carbocycles. The summed E-state index contributed by atoms with van der Waals surface area (Å²) in [5, 5.41) is 11.6. The van der Waals surface area contributed by atoms with Crippen molar-refractivity contribution in [2.24, 2.45) is 0 Å². The molecule has 2 aromatic carbocycles. The molecule has 2 N–H and O–H groups in total. The number of nitrogens with zero attached hydrogens (tertiary/aromatic N) is 1. The van der Waals surface area contributed by atoms with E-state index in [9.17, 15) is 18.0 Å². The molecule has 1 aliphatic heterocycles. The Bertz CT molecular complexity index is 1240. The molecule has 2 heterocycles. The van der Waals surface area contributed by atoms with Crippen LogP contribution in [0.4, 0.5) is 18.9 Å². The Morgan fingerprint density at radius 3 is 2.30 bits per heavy atom. The van der Waals surface area contributed by atoms with Crippen molar-refractivity contribution in [3.63, 3.8) is 0 Å². The number of hydrogen-bond acceptors (Lipinski definition) is 7. The number of piperidine rings is 1. The number of rotatable bonds is 7. The summed E-state index contributed by atoms with van der Waals surface area (Å²) in [6, 6.07) is 15.7. The molecule has 0 amide bonds. The van der Waals surface area contributed by atoms with Gasteiger partial charge in [0, 0.05) is 37.1 Å². The molecule has 11 heteroatoms. The van der Waals surface area contributed by atoms with Gasteiger partial charge in [0.1, 0.15) is 17.1 Å². The fourth-order valence-electron chi connectivity index (χ4n) is 3.96. The number of ether oxygens (including phenoxy) is 2. The molecule has 200 valence electrons. The number of carboxylic acid groups (broad SMARTS) is 1. The van der Waals surface area contributed by atoms with Crippen LogP contribution in [0.25, 0.3) is 11.0 Å². The fourth-order valence-corrected chi connectivity index (χ4v) is 3.96. The monoisotopic (exact) mass is 522 g/mol. The van der Waals surface area contributed by atoms with E-state index in [1.165, 1.54) is 11.6 Å². The Morgan fingerprint density at radius 2 is 1.73 bits per heavy atom. The van der Waals surface area contributed by atoms with Crippen molar-refractivity contribution in [1.82, 2.24) is 4.90 Å². The Labute approximate surface area is 211 Å². The molecule has 37 heavy (non-hydrogen) atoms. The number of hydrogen-bond donors (Lipinski definition) is 2. The maximum absolute atomic E-state index is 12.0. The van der Waals surface area contributed by atoms with E-state index < -0.39 is 12.1 Å². The van der Waals surface area contributed by atoms with Crippen LogP contribution in [0.15, 0.2) is 57.7 Å². The third-order valence-corrected chi connectivity index (χ3v) is 5.78. The number of methoxy groups -OCH3 is 1. The van der Waals surface area contributed by atoms with Crippen molar-refractivity contribution in [2.45, 2.75) is 38.5 Å². The van der Waals surface area contributed by atoms with Crippen molar-refractivity contribution < 1.29 is 37.0 Å². The molecule has 1 aliphatic rings. The van der Waals surface area contributed by atoms with Gasteiger partial charge in [-0.05, 0) is 55.7 Å². The van der Waals surface area contributed by atoms with Crippen molar-refractivity contribution in [1.29, 1.82) is 0 Å². The number of benzene rings is 2. The molecule has 0 atom stereocenters. The summed E-state index contributed by atoms with van der Waals surface area (Å²) < 4.78 is 47.9. The highest BCUT2D eigenvalue weighted by molar-refractivity contribution is 5.90. The van der Waals surface area contributed by atoms with Gasteiger partial charge in [-0.3, -0.25) is 4.90 Å². The number of carboxylic acids is 1. The van der Waals surface area contributed by atoms with Gasteiger partial charge in [0.15, 0.2) is 0 Å². The fraction of sp³-hybridized carbons (Fsp3) is 0.385. The topological polar surface area (TPSA) is 101 Å². The first kappa shape index (κ1) is 27.9. The van der Waals surface area contributed by atoms with Gasteiger partial charge >= 0.3 is 17.8 Å². The van der Waals surface area contributed by atoms with Crippen molar-refractivity contribution in [3.05, 3.63) is 64.5 Å². The van der Waals surface area contributed by atoms with Crippen LogP contribution in [0.5, 0.6) is 11.5 Å². The molecular formula is C26H29F3N2O6. The summed E-state index contributed by atoms with van der Waals surface area (Å²) in [4.78, 5) is 23.3. The molecule has 8 nitrogen and oxygen atoms in total. The number of alkyl halides is 3. The van der Waals surface area contributed by atoms with Crippen LogP contribution in [0.3, 0.4) is 0 Å². The van der Waals surface area contributed by atoms with Crippen molar-refractivity contribution in [2.75, 3.05) is 32.1 Å². The zero-order valence-corrected chi connectivity index (χ0v) is 20.5. The Hall–Kier alpha value is -3.73. The van der Waals surface area contributed by atoms with Crippen molar-refractivity contribution >= 4 is 22.6 Å². The molecular weight excluding hydrogens is 493 g/mol. The van der Waals surface area contributed by atoms with Gasteiger partial charge in [0.25, 0.3) is 0 Å². The lowest BCUT2D eigenvalue weighted by molar-refractivity contribution is -0.192. The number of carbonyl (C=O) groups is 1. The quantitative estimate of drug-likeness (QED) is 0.422. The largest absolute Gasteiger partial charge is 0.497 e. The lowest BCUT2D eigenvalue weighted by atomic mass is 10.0. The van der Waals surface area contributed by atoms with Gasteiger partial charge in [-0.1, -0.05) is 12.1 Å². The third-order valence-electron chi connectivity index (χ3n) is 5.78. The normalized spacial score (nSPS) is 14.5. The zero-order valence-electron chi connectivity index (χ0n) is 20.5. The molecule has 0 unspecified atom stereocenters. The first-order valence-electron chi connectivity index (χ1n) is 11.7. The van der Waals surface area contributed by atoms with Crippen LogP contribution < -0.4 is 20.4 Å². The second-order valence-electron chi connectivity index (χ2n) is 8.42. The molecule has 0 spiro atoms. The Kier molecular flexibility index (Phi) is 9.40. The number of halogens is 3. The second-order valence-corrected chi connectivity index (χ2v) is 8.42. The van der Waals surface area contributed by atoms with Crippen LogP contribution in [0.2, 0.25) is 0 Å². The zero-order chi connectivity index (χ0) is 27.0. The minimum atomic E-state index is -5.08. The van der Waals surface area contributed by atoms with E-state index >= 15 is 0 Å². The molecule has 0 aliphatic carbocycles. The minimum Gasteiger partial charge on any atom is -0.497 e. The van der Waals surface area contributed by atoms with Crippen LogP contribution in [0.1, 0.15) is 25.3 Å². The highest BCUT2D eigenvalue weighted by Gasteiger charge is 2.38. The average molecular weight is 523 g/mol. The number of fused-ring (bicyclic) bond motifs is 1. The average Bonchev–Trinajstić information content (AvgIpc) is 2.86. The van der Waals surface area contributed by atoms with E-state index in [0.29, 0.717) is 18.2 Å². The summed E-state index contributed by atoms with van der Waals surface area (Å²) in [5.74, 6) is -1.10. The van der Waals surface area contributed by atoms with E-state index in [0.717, 1.165) is 55.0 Å². The van der Waals surface area contributed by atoms with Gasteiger partial charge in [-0.25, -0.2) is 9.59 Å². The van der Waals surface area contributed by atoms with E-state index in [-0.39, 0.29) is 5.63 Å². The highest BCUT2D eigenvalue weighted by atomic mass is 19.4. The second kappa shape index (κ2) is 12.5. The molecule has 1 saturated heterocycles. The van der Waals surface area contributed by atoms with Crippen LogP contribution in [-0.4, -0.2) is 55.0 Å². The Morgan fingerprint density at radius 1 is 1.11 bits per heavy atom. The van der Waals surface area contributed by atoms with E-state index in [1.807, 2.05) is 25.1 Å². The predicted molar refractivity (Wildman–Crippen MR) is 132 cm³/mol. The molecule has 0 bridgehead atoms. The lowest BCUT2D eigenvalue weighted by Crippen LogP contribution is -2.38. The Balaban J connectivity index is 0.000000479. The third kappa shape index (κ3) is 8.14. The summed E-state index contributed by atoms with van der Waals surface area (Å²) in [6.07, 6.45) is -3.05. The van der Waals surface area contributed by atoms with E-state index in [1.54, 1.807) is 19.2 Å². The van der Waals surface area contributed by atoms with Crippen LogP contribution in [0, 0.1) is 0 Å².